The summed E-state index contributed by atoms with van der Waals surface area (Å²) in [6.45, 7) is 1.85. The Balaban J connectivity index is 0.000000497. The van der Waals surface area contributed by atoms with Crippen LogP contribution >= 0.6 is 17.0 Å². The van der Waals surface area contributed by atoms with Crippen LogP contribution in [-0.2, 0) is 20.8 Å². The maximum absolute atomic E-state index is 14.0. The summed E-state index contributed by atoms with van der Waals surface area (Å²) in [4.78, 5) is 4.40. The maximum atomic E-state index is 14.0. The SMILES string of the molecule is Cc1cccc(C=NC2C3CCC(C3)C2F)c1O.[Cl][Zr][Cl]. The summed E-state index contributed by atoms with van der Waals surface area (Å²) in [5, 5.41) is 9.88. The van der Waals surface area contributed by atoms with Crippen molar-refractivity contribution < 1.29 is 30.3 Å². The van der Waals surface area contributed by atoms with Gasteiger partial charge in [-0.3, -0.25) is 4.99 Å². The summed E-state index contributed by atoms with van der Waals surface area (Å²) in [5.74, 6) is 0.885. The van der Waals surface area contributed by atoms with Gasteiger partial charge in [-0.2, -0.15) is 0 Å². The van der Waals surface area contributed by atoms with Crippen LogP contribution in [0.1, 0.15) is 30.4 Å². The fraction of sp³-hybridized carbons (Fsp3) is 0.533. The van der Waals surface area contributed by atoms with Crippen molar-refractivity contribution in [3.63, 3.8) is 0 Å². The van der Waals surface area contributed by atoms with Crippen molar-refractivity contribution in [2.75, 3.05) is 0 Å². The number of hydrogen-bond donors (Lipinski definition) is 1. The zero-order valence-electron chi connectivity index (χ0n) is 11.8. The second-order valence-electron chi connectivity index (χ2n) is 5.63. The molecule has 0 saturated heterocycles. The van der Waals surface area contributed by atoms with Crippen LogP contribution in [0.5, 0.6) is 5.75 Å². The molecule has 2 aliphatic rings. The Labute approximate surface area is 143 Å². The van der Waals surface area contributed by atoms with Crippen molar-refractivity contribution in [3.05, 3.63) is 29.3 Å². The summed E-state index contributed by atoms with van der Waals surface area (Å²) in [7, 11) is 9.87. The molecule has 21 heavy (non-hydrogen) atoms. The Morgan fingerprint density at radius 1 is 1.33 bits per heavy atom. The fourth-order valence-electron chi connectivity index (χ4n) is 3.35. The molecule has 1 aromatic carbocycles. The molecule has 2 nitrogen and oxygen atoms in total. The minimum atomic E-state index is -0.826. The fourth-order valence-corrected chi connectivity index (χ4v) is 3.35. The van der Waals surface area contributed by atoms with E-state index >= 15 is 0 Å². The topological polar surface area (TPSA) is 32.6 Å². The Hall–Kier alpha value is 0.0831. The van der Waals surface area contributed by atoms with Gasteiger partial charge in [-0.05, 0) is 49.7 Å². The zero-order valence-corrected chi connectivity index (χ0v) is 15.7. The van der Waals surface area contributed by atoms with Crippen molar-refractivity contribution in [1.82, 2.24) is 0 Å². The van der Waals surface area contributed by atoms with Gasteiger partial charge < -0.3 is 5.11 Å². The molecule has 114 valence electrons. The van der Waals surface area contributed by atoms with Crippen LogP contribution in [0.15, 0.2) is 23.2 Å². The summed E-state index contributed by atoms with van der Waals surface area (Å²) in [5.41, 5.74) is 1.51. The zero-order chi connectivity index (χ0) is 15.4. The Kier molecular flexibility index (Phi) is 6.71. The van der Waals surface area contributed by atoms with Gasteiger partial charge in [0.2, 0.25) is 0 Å². The molecule has 0 aliphatic heterocycles. The minimum absolute atomic E-state index is 0.191. The quantitative estimate of drug-likeness (QED) is 0.710. The first-order valence-corrected chi connectivity index (χ1v) is 13.3. The molecular formula is C15H18Cl2FNOZr. The number of aryl methyl sites for hydroxylation is 1. The molecule has 0 aromatic heterocycles. The average molecular weight is 409 g/mol. The normalized spacial score (nSPS) is 30.3. The number of aliphatic imine (C=N–C) groups is 1. The second kappa shape index (κ2) is 8.08. The van der Waals surface area contributed by atoms with E-state index in [1.165, 1.54) is 0 Å². The first-order valence-electron chi connectivity index (χ1n) is 7.00. The van der Waals surface area contributed by atoms with Crippen LogP contribution < -0.4 is 0 Å². The van der Waals surface area contributed by atoms with Gasteiger partial charge in [0, 0.05) is 11.8 Å². The number of rotatable bonds is 2. The van der Waals surface area contributed by atoms with E-state index in [0.717, 1.165) is 24.8 Å². The Bertz CT molecular complexity index is 512. The molecule has 0 heterocycles. The first kappa shape index (κ1) is 17.4. The van der Waals surface area contributed by atoms with Crippen LogP contribution in [0, 0.1) is 18.8 Å². The number of alkyl halides is 1. The third-order valence-electron chi connectivity index (χ3n) is 4.43. The van der Waals surface area contributed by atoms with Gasteiger partial charge >= 0.3 is 37.9 Å². The van der Waals surface area contributed by atoms with Crippen LogP contribution in [0.2, 0.25) is 0 Å². The summed E-state index contributed by atoms with van der Waals surface area (Å²) >= 11 is -0.826. The van der Waals surface area contributed by atoms with Crippen LogP contribution in [-0.4, -0.2) is 23.5 Å². The molecular weight excluding hydrogens is 391 g/mol. The van der Waals surface area contributed by atoms with Crippen LogP contribution in [0.25, 0.3) is 0 Å². The van der Waals surface area contributed by atoms with Gasteiger partial charge in [-0.15, -0.1) is 0 Å². The van der Waals surface area contributed by atoms with E-state index < -0.39 is 27.0 Å². The van der Waals surface area contributed by atoms with Crippen molar-refractivity contribution in [1.29, 1.82) is 0 Å². The van der Waals surface area contributed by atoms with E-state index in [9.17, 15) is 9.50 Å². The van der Waals surface area contributed by atoms with Crippen molar-refractivity contribution in [2.45, 2.75) is 38.4 Å². The number of fused-ring (bicyclic) bond motifs is 2. The van der Waals surface area contributed by atoms with E-state index in [-0.39, 0.29) is 17.7 Å². The molecule has 2 fully saturated rings. The molecule has 2 bridgehead atoms. The third-order valence-corrected chi connectivity index (χ3v) is 4.43. The number of phenolic OH excluding ortho intramolecular Hbond substituents is 1. The molecule has 1 aromatic rings. The molecule has 1 N–H and O–H groups in total. The molecule has 6 heteroatoms. The molecule has 0 amide bonds. The number of halogens is 3. The van der Waals surface area contributed by atoms with Crippen LogP contribution in [0.3, 0.4) is 0 Å². The van der Waals surface area contributed by atoms with Gasteiger partial charge in [0.25, 0.3) is 0 Å². The van der Waals surface area contributed by atoms with Crippen molar-refractivity contribution >= 4 is 23.2 Å². The Morgan fingerprint density at radius 3 is 2.62 bits per heavy atom. The molecule has 0 spiro atoms. The molecule has 0 radical (unpaired) electrons. The van der Waals surface area contributed by atoms with E-state index in [2.05, 4.69) is 4.99 Å². The van der Waals surface area contributed by atoms with Gasteiger partial charge in [0.05, 0.1) is 6.04 Å². The number of hydrogen-bond acceptors (Lipinski definition) is 2. The summed E-state index contributed by atoms with van der Waals surface area (Å²) < 4.78 is 14.0. The first-order chi connectivity index (χ1) is 10.1. The molecule has 2 saturated carbocycles. The van der Waals surface area contributed by atoms with Gasteiger partial charge in [-0.1, -0.05) is 12.1 Å². The molecule has 3 rings (SSSR count). The van der Waals surface area contributed by atoms with Gasteiger partial charge in [0.1, 0.15) is 11.9 Å². The van der Waals surface area contributed by atoms with E-state index in [1.807, 2.05) is 25.1 Å². The predicted molar refractivity (Wildman–Crippen MR) is 81.7 cm³/mol. The average Bonchev–Trinajstić information content (AvgIpc) is 3.03. The number of nitrogens with zero attached hydrogens (tertiary/aromatic N) is 1. The third kappa shape index (κ3) is 4.09. The van der Waals surface area contributed by atoms with Crippen LogP contribution in [0.4, 0.5) is 4.39 Å². The van der Waals surface area contributed by atoms with Crippen molar-refractivity contribution in [3.8, 4) is 5.75 Å². The van der Waals surface area contributed by atoms with E-state index in [4.69, 9.17) is 17.0 Å². The second-order valence-corrected chi connectivity index (χ2v) is 9.36. The standard InChI is InChI=1S/C15H18FNO.2ClH.Zr/c1-9-3-2-4-12(15(9)18)8-17-14-11-6-5-10(7-11)13(14)16;;;/h2-4,8,10-11,13-14,18H,5-7H2,1H3;2*1H;/q;;;+2/p-2. The van der Waals surface area contributed by atoms with E-state index in [1.54, 1.807) is 6.21 Å². The molecule has 4 unspecified atom stereocenters. The van der Waals surface area contributed by atoms with Gasteiger partial charge in [-0.25, -0.2) is 4.39 Å². The van der Waals surface area contributed by atoms with Gasteiger partial charge in [0.15, 0.2) is 0 Å². The number of aromatic hydroxyl groups is 1. The number of benzene rings is 1. The van der Waals surface area contributed by atoms with E-state index in [0.29, 0.717) is 11.5 Å². The number of phenols is 1. The summed E-state index contributed by atoms with van der Waals surface area (Å²) in [6.07, 6.45) is 3.97. The molecule has 4 atom stereocenters. The monoisotopic (exact) mass is 407 g/mol. The number of para-hydroxylation sites is 1. The molecule has 2 aliphatic carbocycles. The Morgan fingerprint density at radius 2 is 2.00 bits per heavy atom. The van der Waals surface area contributed by atoms with Crippen molar-refractivity contribution in [2.24, 2.45) is 16.8 Å². The predicted octanol–water partition coefficient (Wildman–Crippen LogP) is 4.63. The summed E-state index contributed by atoms with van der Waals surface area (Å²) in [6, 6.07) is 5.35.